The van der Waals surface area contributed by atoms with E-state index in [9.17, 15) is 13.6 Å². The second-order valence-corrected chi connectivity index (χ2v) is 7.55. The third-order valence-corrected chi connectivity index (χ3v) is 5.15. The number of nitrogens with zero attached hydrogens (tertiary/aromatic N) is 2. The molecule has 1 aromatic heterocycles. The lowest BCUT2D eigenvalue weighted by molar-refractivity contribution is 0.101. The maximum Gasteiger partial charge on any atom is 0.275 e. The molecule has 0 bridgehead atoms. The Kier molecular flexibility index (Phi) is 6.31. The molecule has 0 aliphatic carbocycles. The number of benzene rings is 2. The SMILES string of the molecule is O=C(Nc1c(F)cc(C#Cc2ccccc2)cc1F)c1c(Cl)cnn1C[C@H]1CCOC1. The lowest BCUT2D eigenvalue weighted by Crippen LogP contribution is -2.22. The quantitative estimate of drug-likeness (QED) is 0.606. The summed E-state index contributed by atoms with van der Waals surface area (Å²) in [7, 11) is 0. The molecule has 1 aliphatic rings. The summed E-state index contributed by atoms with van der Waals surface area (Å²) in [5.41, 5.74) is 0.348. The van der Waals surface area contributed by atoms with E-state index in [0.717, 1.165) is 24.1 Å². The van der Waals surface area contributed by atoms with Crippen LogP contribution in [0.15, 0.2) is 48.7 Å². The fourth-order valence-electron chi connectivity index (χ4n) is 3.30. The summed E-state index contributed by atoms with van der Waals surface area (Å²) in [6.45, 7) is 1.64. The van der Waals surface area contributed by atoms with Crippen molar-refractivity contribution in [3.63, 3.8) is 0 Å². The molecule has 3 aromatic rings. The van der Waals surface area contributed by atoms with Gasteiger partial charge in [-0.25, -0.2) is 8.78 Å². The van der Waals surface area contributed by atoms with Gasteiger partial charge in [-0.1, -0.05) is 41.6 Å². The van der Waals surface area contributed by atoms with Crippen LogP contribution >= 0.6 is 11.6 Å². The van der Waals surface area contributed by atoms with Gasteiger partial charge in [-0.15, -0.1) is 0 Å². The molecule has 0 radical (unpaired) electrons. The molecule has 1 fully saturated rings. The van der Waals surface area contributed by atoms with E-state index in [2.05, 4.69) is 22.3 Å². The first kappa shape index (κ1) is 21.0. The Morgan fingerprint density at radius 2 is 1.90 bits per heavy atom. The van der Waals surface area contributed by atoms with Crippen LogP contribution in [0.4, 0.5) is 14.5 Å². The Balaban J connectivity index is 1.54. The Hall–Kier alpha value is -3.21. The Bertz CT molecular complexity index is 1140. The molecule has 0 saturated carbocycles. The molecule has 1 N–H and O–H groups in total. The fourth-order valence-corrected chi connectivity index (χ4v) is 3.53. The minimum Gasteiger partial charge on any atom is -0.381 e. The number of hydrogen-bond acceptors (Lipinski definition) is 3. The summed E-state index contributed by atoms with van der Waals surface area (Å²) >= 11 is 6.11. The van der Waals surface area contributed by atoms with Gasteiger partial charge in [-0.2, -0.15) is 5.10 Å². The molecule has 5 nitrogen and oxygen atoms in total. The van der Waals surface area contributed by atoms with E-state index in [1.54, 1.807) is 12.1 Å². The molecule has 31 heavy (non-hydrogen) atoms. The van der Waals surface area contributed by atoms with Crippen molar-refractivity contribution < 1.29 is 18.3 Å². The van der Waals surface area contributed by atoms with Gasteiger partial charge in [0.1, 0.15) is 11.4 Å². The van der Waals surface area contributed by atoms with Crippen molar-refractivity contribution in [3.05, 3.63) is 82.1 Å². The van der Waals surface area contributed by atoms with Gasteiger partial charge in [-0.3, -0.25) is 9.48 Å². The summed E-state index contributed by atoms with van der Waals surface area (Å²) in [6.07, 6.45) is 2.18. The molecular weight excluding hydrogens is 424 g/mol. The molecule has 1 atom stereocenters. The first-order valence-corrected chi connectivity index (χ1v) is 10.1. The van der Waals surface area contributed by atoms with E-state index in [-0.39, 0.29) is 22.2 Å². The monoisotopic (exact) mass is 441 g/mol. The number of ether oxygens (including phenoxy) is 1. The second-order valence-electron chi connectivity index (χ2n) is 7.14. The van der Waals surface area contributed by atoms with Gasteiger partial charge in [0.2, 0.25) is 0 Å². The summed E-state index contributed by atoms with van der Waals surface area (Å²) in [5, 5.41) is 6.49. The van der Waals surface area contributed by atoms with Crippen molar-refractivity contribution >= 4 is 23.2 Å². The average molecular weight is 442 g/mol. The first-order valence-electron chi connectivity index (χ1n) is 9.68. The third kappa shape index (κ3) is 4.93. The lowest BCUT2D eigenvalue weighted by Gasteiger charge is -2.13. The Morgan fingerprint density at radius 1 is 1.19 bits per heavy atom. The van der Waals surface area contributed by atoms with Crippen LogP contribution in [0.25, 0.3) is 0 Å². The van der Waals surface area contributed by atoms with Crippen molar-refractivity contribution in [1.29, 1.82) is 0 Å². The van der Waals surface area contributed by atoms with E-state index in [1.807, 2.05) is 18.2 Å². The number of anilines is 1. The zero-order valence-electron chi connectivity index (χ0n) is 16.4. The smallest absolute Gasteiger partial charge is 0.275 e. The van der Waals surface area contributed by atoms with E-state index < -0.39 is 23.2 Å². The van der Waals surface area contributed by atoms with Gasteiger partial charge in [0.05, 0.1) is 17.8 Å². The first-order chi connectivity index (χ1) is 15.0. The molecule has 0 spiro atoms. The second kappa shape index (κ2) is 9.29. The number of nitrogens with one attached hydrogen (secondary N) is 1. The van der Waals surface area contributed by atoms with E-state index in [1.165, 1.54) is 10.9 Å². The topological polar surface area (TPSA) is 56.2 Å². The predicted octanol–water partition coefficient (Wildman–Crippen LogP) is 4.50. The number of carbonyl (C=O) groups excluding carboxylic acids is 1. The highest BCUT2D eigenvalue weighted by molar-refractivity contribution is 6.34. The van der Waals surface area contributed by atoms with Gasteiger partial charge >= 0.3 is 0 Å². The number of rotatable bonds is 4. The highest BCUT2D eigenvalue weighted by Gasteiger charge is 2.24. The molecule has 1 amide bonds. The van der Waals surface area contributed by atoms with Crippen LogP contribution < -0.4 is 5.32 Å². The molecule has 4 rings (SSSR count). The molecule has 158 valence electrons. The molecule has 2 aromatic carbocycles. The molecular formula is C23H18ClF2N3O2. The van der Waals surface area contributed by atoms with E-state index in [4.69, 9.17) is 16.3 Å². The van der Waals surface area contributed by atoms with Gasteiger partial charge < -0.3 is 10.1 Å². The van der Waals surface area contributed by atoms with Crippen LogP contribution in [0, 0.1) is 29.4 Å². The molecule has 2 heterocycles. The predicted molar refractivity (Wildman–Crippen MR) is 113 cm³/mol. The van der Waals surface area contributed by atoms with Crippen LogP contribution in [0.1, 0.15) is 28.0 Å². The number of carbonyl (C=O) groups is 1. The molecule has 8 heteroatoms. The van der Waals surface area contributed by atoms with Crippen LogP contribution in [0.3, 0.4) is 0 Å². The summed E-state index contributed by atoms with van der Waals surface area (Å²) in [5.74, 6) is 3.14. The molecule has 0 unspecified atom stereocenters. The standard InChI is InChI=1S/C23H18ClF2N3O2/c24-18-12-27-29(13-17-8-9-31-14-17)22(18)23(30)28-21-19(25)10-16(11-20(21)26)7-6-15-4-2-1-3-5-15/h1-5,10-12,17H,8-9,13-14H2,(H,28,30)/t17-/m1/s1. The van der Waals surface area contributed by atoms with Crippen LogP contribution in [0.5, 0.6) is 0 Å². The lowest BCUT2D eigenvalue weighted by atomic mass is 10.1. The van der Waals surface area contributed by atoms with Crippen LogP contribution in [0.2, 0.25) is 5.02 Å². The van der Waals surface area contributed by atoms with Crippen molar-refractivity contribution in [2.75, 3.05) is 18.5 Å². The number of halogens is 3. The van der Waals surface area contributed by atoms with E-state index in [0.29, 0.717) is 19.8 Å². The van der Waals surface area contributed by atoms with Crippen LogP contribution in [-0.4, -0.2) is 28.9 Å². The largest absolute Gasteiger partial charge is 0.381 e. The fraction of sp³-hybridized carbons (Fsp3) is 0.217. The zero-order valence-corrected chi connectivity index (χ0v) is 17.1. The van der Waals surface area contributed by atoms with Gasteiger partial charge in [0.25, 0.3) is 5.91 Å². The van der Waals surface area contributed by atoms with Crippen molar-refractivity contribution in [3.8, 4) is 11.8 Å². The normalized spacial score (nSPS) is 15.4. The van der Waals surface area contributed by atoms with Crippen molar-refractivity contribution in [2.24, 2.45) is 5.92 Å². The van der Waals surface area contributed by atoms with Gasteiger partial charge in [0, 0.05) is 30.2 Å². The highest BCUT2D eigenvalue weighted by atomic mass is 35.5. The minimum absolute atomic E-state index is 0.0420. The highest BCUT2D eigenvalue weighted by Crippen LogP contribution is 2.24. The average Bonchev–Trinajstić information content (AvgIpc) is 3.40. The molecule has 1 aliphatic heterocycles. The zero-order chi connectivity index (χ0) is 21.8. The van der Waals surface area contributed by atoms with Crippen molar-refractivity contribution in [2.45, 2.75) is 13.0 Å². The van der Waals surface area contributed by atoms with Gasteiger partial charge in [0.15, 0.2) is 11.6 Å². The minimum atomic E-state index is -0.933. The third-order valence-electron chi connectivity index (χ3n) is 4.87. The number of aromatic nitrogens is 2. The number of hydrogen-bond donors (Lipinski definition) is 1. The van der Waals surface area contributed by atoms with Gasteiger partial charge in [-0.05, 0) is 30.7 Å². The summed E-state index contributed by atoms with van der Waals surface area (Å²) < 4.78 is 35.9. The summed E-state index contributed by atoms with van der Waals surface area (Å²) in [4.78, 5) is 12.7. The Morgan fingerprint density at radius 3 is 2.58 bits per heavy atom. The maximum absolute atomic E-state index is 14.6. The maximum atomic E-state index is 14.6. The van der Waals surface area contributed by atoms with E-state index >= 15 is 0 Å². The van der Waals surface area contributed by atoms with Crippen LogP contribution in [-0.2, 0) is 11.3 Å². The number of amides is 1. The Labute approximate surface area is 183 Å². The van der Waals surface area contributed by atoms with Crippen molar-refractivity contribution in [1.82, 2.24) is 9.78 Å². The summed E-state index contributed by atoms with van der Waals surface area (Å²) in [6, 6.07) is 11.2. The molecule has 1 saturated heterocycles.